The van der Waals surface area contributed by atoms with Crippen molar-refractivity contribution < 1.29 is 29.6 Å². The van der Waals surface area contributed by atoms with E-state index in [2.05, 4.69) is 11.8 Å². The van der Waals surface area contributed by atoms with Gasteiger partial charge in [-0.25, -0.2) is 4.79 Å². The molecule has 1 fully saturated rings. The first-order valence-corrected chi connectivity index (χ1v) is 9.75. The highest BCUT2D eigenvalue weighted by Crippen LogP contribution is 2.33. The van der Waals surface area contributed by atoms with Crippen molar-refractivity contribution in [3.8, 4) is 5.75 Å². The molecule has 6 heteroatoms. The van der Waals surface area contributed by atoms with Crippen molar-refractivity contribution in [3.63, 3.8) is 0 Å². The van der Waals surface area contributed by atoms with Crippen LogP contribution in [-0.4, -0.2) is 38.5 Å². The Balaban J connectivity index is 2.16. The van der Waals surface area contributed by atoms with Gasteiger partial charge in [0.1, 0.15) is 11.5 Å². The lowest BCUT2D eigenvalue weighted by Crippen LogP contribution is -2.60. The average Bonchev–Trinajstić information content (AvgIpc) is 3.03. The van der Waals surface area contributed by atoms with Gasteiger partial charge in [-0.1, -0.05) is 37.3 Å². The third-order valence-corrected chi connectivity index (χ3v) is 5.22. The number of aliphatic hydroxyl groups is 2. The van der Waals surface area contributed by atoms with Crippen LogP contribution < -0.4 is 4.74 Å². The Hall–Kier alpha value is -2.66. The monoisotopic (exact) mass is 400 g/mol. The van der Waals surface area contributed by atoms with Gasteiger partial charge in [0.25, 0.3) is 5.60 Å². The summed E-state index contributed by atoms with van der Waals surface area (Å²) in [5.74, 6) is -4.01. The summed E-state index contributed by atoms with van der Waals surface area (Å²) in [6, 6.07) is 8.06. The van der Waals surface area contributed by atoms with Gasteiger partial charge in [0.2, 0.25) is 5.79 Å². The van der Waals surface area contributed by atoms with Crippen LogP contribution >= 0.6 is 0 Å². The van der Waals surface area contributed by atoms with Crippen molar-refractivity contribution in [1.82, 2.24) is 0 Å². The second-order valence-corrected chi connectivity index (χ2v) is 7.34. The maximum atomic E-state index is 12.1. The molecule has 1 aromatic carbocycles. The zero-order valence-electron chi connectivity index (χ0n) is 16.7. The molecule has 1 saturated carbocycles. The van der Waals surface area contributed by atoms with E-state index in [-0.39, 0.29) is 23.4 Å². The summed E-state index contributed by atoms with van der Waals surface area (Å²) in [6.07, 6.45) is 9.13. The van der Waals surface area contributed by atoms with E-state index in [0.717, 1.165) is 25.8 Å². The first-order chi connectivity index (χ1) is 13.7. The Kier molecular flexibility index (Phi) is 7.57. The van der Waals surface area contributed by atoms with E-state index in [1.54, 1.807) is 18.2 Å². The molecular formula is C23H28O6. The summed E-state index contributed by atoms with van der Waals surface area (Å²) < 4.78 is 5.39. The number of aliphatic carboxylic acids is 1. The second kappa shape index (κ2) is 9.70. The predicted molar refractivity (Wildman–Crippen MR) is 108 cm³/mol. The second-order valence-electron chi connectivity index (χ2n) is 7.34. The first-order valence-electron chi connectivity index (χ1n) is 9.75. The quantitative estimate of drug-likeness (QED) is 0.334. The summed E-state index contributed by atoms with van der Waals surface area (Å²) in [6.45, 7) is 3.11. The number of Topliss-reactive ketones (excluding diaryl/α,β-unsaturated/α-hetero) is 1. The van der Waals surface area contributed by atoms with E-state index >= 15 is 0 Å². The molecule has 0 amide bonds. The van der Waals surface area contributed by atoms with Crippen molar-refractivity contribution in [1.29, 1.82) is 0 Å². The number of allylic oxidation sites excluding steroid dienone is 2. The minimum atomic E-state index is -2.83. The fraction of sp³-hybridized carbons (Fsp3) is 0.435. The Bertz CT molecular complexity index is 804. The van der Waals surface area contributed by atoms with Crippen LogP contribution in [0.25, 0.3) is 0 Å². The topological polar surface area (TPSA) is 104 Å². The van der Waals surface area contributed by atoms with Crippen LogP contribution in [0.15, 0.2) is 60.4 Å². The molecule has 2 rings (SSSR count). The molecule has 1 aliphatic carbocycles. The number of para-hydroxylation sites is 1. The van der Waals surface area contributed by atoms with Gasteiger partial charge in [-0.2, -0.15) is 0 Å². The van der Waals surface area contributed by atoms with Gasteiger partial charge in [-0.15, -0.1) is 5.73 Å². The molecule has 0 aromatic heterocycles. The van der Waals surface area contributed by atoms with Crippen LogP contribution in [0.1, 0.15) is 39.5 Å². The van der Waals surface area contributed by atoms with Crippen LogP contribution in [0.3, 0.4) is 0 Å². The number of carbonyl (C=O) groups excluding carboxylic acids is 1. The molecule has 1 unspecified atom stereocenters. The van der Waals surface area contributed by atoms with Crippen molar-refractivity contribution in [3.05, 3.63) is 60.4 Å². The Morgan fingerprint density at radius 1 is 1.31 bits per heavy atom. The summed E-state index contributed by atoms with van der Waals surface area (Å²) in [4.78, 5) is 23.8. The molecule has 0 heterocycles. The SMILES string of the molecule is CC/C=C/[C@H]1CCC(=O)[C@@H]1CC=C=CC([16OH])([16OH])C(C)(Oc1ccccc1)C(=O)O. The number of ketones is 1. The van der Waals surface area contributed by atoms with E-state index in [9.17, 15) is 24.9 Å². The lowest BCUT2D eigenvalue weighted by atomic mass is 9.91. The number of ether oxygens (including phenoxy) is 1. The molecule has 6 nitrogen and oxygen atoms in total. The van der Waals surface area contributed by atoms with Crippen LogP contribution in [0.4, 0.5) is 0 Å². The number of hydrogen-bond donors (Lipinski definition) is 3. The summed E-state index contributed by atoms with van der Waals surface area (Å²) >= 11 is 0. The highest BCUT2D eigenvalue weighted by atomic mass is 16.6. The lowest BCUT2D eigenvalue weighted by Gasteiger charge is -2.35. The zero-order chi connectivity index (χ0) is 21.5. The van der Waals surface area contributed by atoms with E-state index in [1.165, 1.54) is 18.2 Å². The maximum absolute atomic E-state index is 12.1. The number of carbonyl (C=O) groups is 2. The lowest BCUT2D eigenvalue weighted by molar-refractivity contribution is -0.232. The molecular weight excluding hydrogens is 372 g/mol. The molecule has 1 aliphatic rings. The van der Waals surface area contributed by atoms with Crippen molar-refractivity contribution in [2.75, 3.05) is 0 Å². The highest BCUT2D eigenvalue weighted by Gasteiger charge is 2.53. The molecule has 3 N–H and O–H groups in total. The van der Waals surface area contributed by atoms with Gasteiger partial charge < -0.3 is 20.1 Å². The van der Waals surface area contributed by atoms with Gasteiger partial charge >= 0.3 is 5.97 Å². The van der Waals surface area contributed by atoms with E-state index in [0.29, 0.717) is 12.8 Å². The van der Waals surface area contributed by atoms with Gasteiger partial charge in [-0.3, -0.25) is 4.79 Å². The minimum absolute atomic E-state index is 0.166. The maximum Gasteiger partial charge on any atom is 0.353 e. The molecule has 0 bridgehead atoms. The summed E-state index contributed by atoms with van der Waals surface area (Å²) in [5.41, 5.74) is 0.270. The smallest absolute Gasteiger partial charge is 0.353 e. The van der Waals surface area contributed by atoms with Crippen LogP contribution in [0.2, 0.25) is 0 Å². The molecule has 0 spiro atoms. The summed E-state index contributed by atoms with van der Waals surface area (Å²) in [5, 5.41) is 30.4. The van der Waals surface area contributed by atoms with Gasteiger partial charge in [0.05, 0.1) is 0 Å². The standard InChI is InChI=1S/C23H28O6/c1-3-4-10-17-14-15-20(24)19(17)13-8-9-16-23(27,28)22(2,21(25)26)29-18-11-6-5-7-12-18/h4-8,10-12,16-17,19,27-28H,3,13-15H2,1-2H3,(H,25,26)/b10-4+/t9?,17-,19+,22?/m0/s1/i27+0,28+0. The van der Waals surface area contributed by atoms with E-state index in [1.807, 2.05) is 13.0 Å². The molecule has 3 atom stereocenters. The third-order valence-electron chi connectivity index (χ3n) is 5.22. The number of hydrogen-bond acceptors (Lipinski definition) is 5. The van der Waals surface area contributed by atoms with Crippen LogP contribution in [0, 0.1) is 11.8 Å². The van der Waals surface area contributed by atoms with Gasteiger partial charge in [0.15, 0.2) is 0 Å². The van der Waals surface area contributed by atoms with Gasteiger partial charge in [0, 0.05) is 18.4 Å². The average molecular weight is 400 g/mol. The fourth-order valence-corrected chi connectivity index (χ4v) is 3.29. The number of rotatable bonds is 9. The van der Waals surface area contributed by atoms with Crippen molar-refractivity contribution in [2.24, 2.45) is 11.8 Å². The van der Waals surface area contributed by atoms with Crippen molar-refractivity contribution >= 4 is 11.8 Å². The number of benzene rings is 1. The van der Waals surface area contributed by atoms with Crippen LogP contribution in [-0.2, 0) is 9.59 Å². The molecule has 0 radical (unpaired) electrons. The third kappa shape index (κ3) is 5.45. The fourth-order valence-electron chi connectivity index (χ4n) is 3.29. The predicted octanol–water partition coefficient (Wildman–Crippen LogP) is 3.25. The van der Waals surface area contributed by atoms with Gasteiger partial charge in [-0.05, 0) is 50.3 Å². The Morgan fingerprint density at radius 3 is 2.62 bits per heavy atom. The molecule has 0 aliphatic heterocycles. The minimum Gasteiger partial charge on any atom is -0.478 e. The van der Waals surface area contributed by atoms with Crippen LogP contribution in [0.5, 0.6) is 5.75 Å². The number of carboxylic acids is 1. The molecule has 0 saturated heterocycles. The van der Waals surface area contributed by atoms with E-state index in [4.69, 9.17) is 4.74 Å². The summed E-state index contributed by atoms with van der Waals surface area (Å²) in [7, 11) is 0. The first kappa shape index (κ1) is 22.6. The Morgan fingerprint density at radius 2 is 2.00 bits per heavy atom. The molecule has 29 heavy (non-hydrogen) atoms. The normalized spacial score (nSPS) is 21.4. The number of carboxylic acid groups (broad SMARTS) is 1. The zero-order valence-corrected chi connectivity index (χ0v) is 16.7. The van der Waals surface area contributed by atoms with E-state index < -0.39 is 17.4 Å². The van der Waals surface area contributed by atoms with Crippen molar-refractivity contribution in [2.45, 2.75) is 50.9 Å². The Labute approximate surface area is 170 Å². The highest BCUT2D eigenvalue weighted by molar-refractivity contribution is 5.84. The molecule has 156 valence electrons. The molecule has 1 aromatic rings. The largest absolute Gasteiger partial charge is 0.478 e.